The van der Waals surface area contributed by atoms with E-state index in [9.17, 15) is 4.79 Å². The summed E-state index contributed by atoms with van der Waals surface area (Å²) in [5, 5.41) is 0.946. The summed E-state index contributed by atoms with van der Waals surface area (Å²) in [4.78, 5) is 17.3. The Balaban J connectivity index is 2.03. The number of aromatic nitrogens is 1. The van der Waals surface area contributed by atoms with Gasteiger partial charge in [-0.25, -0.2) is 4.79 Å². The average molecular weight is 361 g/mol. The van der Waals surface area contributed by atoms with Crippen LogP contribution in [0.3, 0.4) is 0 Å². The fourth-order valence-corrected chi connectivity index (χ4v) is 2.93. The number of rotatable bonds is 2. The highest BCUT2D eigenvalue weighted by molar-refractivity contribution is 5.94. The van der Waals surface area contributed by atoms with Gasteiger partial charge in [-0.15, -0.1) is 0 Å². The summed E-state index contributed by atoms with van der Waals surface area (Å²) >= 11 is 0. The maximum atomic E-state index is 13.0. The molecule has 0 aliphatic heterocycles. The lowest BCUT2D eigenvalue weighted by molar-refractivity contribution is 0.0736. The normalized spacial score (nSPS) is 12.2. The second kappa shape index (κ2) is 6.80. The molecule has 3 heteroatoms. The topological polar surface area (TPSA) is 39.2 Å². The van der Waals surface area contributed by atoms with Crippen molar-refractivity contribution in [2.45, 2.75) is 52.4 Å². The van der Waals surface area contributed by atoms with Crippen LogP contribution in [-0.2, 0) is 10.8 Å². The zero-order valence-electron chi connectivity index (χ0n) is 17.0. The first-order valence-corrected chi connectivity index (χ1v) is 9.28. The third-order valence-corrected chi connectivity index (χ3v) is 4.70. The molecule has 0 aliphatic carbocycles. The standard InChI is InChI=1S/C24H27NO2/c1-23(2,3)18-13-17(14-19(15-18)24(4,5)6)22(26)27-20-11-7-9-16-10-8-12-25-21(16)20/h7-15H,1-6H3. The molecule has 0 unspecified atom stereocenters. The second-order valence-corrected chi connectivity index (χ2v) is 9.02. The Hall–Kier alpha value is -2.68. The second-order valence-electron chi connectivity index (χ2n) is 9.02. The number of fused-ring (bicyclic) bond motifs is 1. The quantitative estimate of drug-likeness (QED) is 0.412. The number of nitrogens with zero attached hydrogens (tertiary/aromatic N) is 1. The van der Waals surface area contributed by atoms with Crippen LogP contribution >= 0.6 is 0 Å². The van der Waals surface area contributed by atoms with Gasteiger partial charge in [0.2, 0.25) is 0 Å². The van der Waals surface area contributed by atoms with E-state index < -0.39 is 0 Å². The predicted molar refractivity (Wildman–Crippen MR) is 111 cm³/mol. The zero-order valence-corrected chi connectivity index (χ0v) is 17.0. The maximum Gasteiger partial charge on any atom is 0.343 e. The Morgan fingerprint density at radius 1 is 0.852 bits per heavy atom. The van der Waals surface area contributed by atoms with Gasteiger partial charge in [0.1, 0.15) is 5.52 Å². The summed E-state index contributed by atoms with van der Waals surface area (Å²) in [6.07, 6.45) is 1.71. The third-order valence-electron chi connectivity index (χ3n) is 4.70. The van der Waals surface area contributed by atoms with Crippen LogP contribution in [0.1, 0.15) is 63.0 Å². The largest absolute Gasteiger partial charge is 0.421 e. The molecule has 0 saturated carbocycles. The molecule has 3 aromatic rings. The van der Waals surface area contributed by atoms with E-state index in [-0.39, 0.29) is 16.8 Å². The van der Waals surface area contributed by atoms with E-state index in [1.54, 1.807) is 12.3 Å². The number of benzene rings is 2. The van der Waals surface area contributed by atoms with Gasteiger partial charge in [-0.3, -0.25) is 4.98 Å². The van der Waals surface area contributed by atoms with Crippen molar-refractivity contribution in [3.05, 3.63) is 71.4 Å². The zero-order chi connectivity index (χ0) is 19.8. The van der Waals surface area contributed by atoms with Gasteiger partial charge < -0.3 is 4.74 Å². The highest BCUT2D eigenvalue weighted by Gasteiger charge is 2.23. The van der Waals surface area contributed by atoms with Crippen molar-refractivity contribution in [1.29, 1.82) is 0 Å². The van der Waals surface area contributed by atoms with Gasteiger partial charge in [0, 0.05) is 11.6 Å². The van der Waals surface area contributed by atoms with Crippen molar-refractivity contribution in [2.24, 2.45) is 0 Å². The molecule has 1 aromatic heterocycles. The van der Waals surface area contributed by atoms with Gasteiger partial charge >= 0.3 is 5.97 Å². The van der Waals surface area contributed by atoms with E-state index in [0.717, 1.165) is 16.5 Å². The molecule has 0 atom stereocenters. The van der Waals surface area contributed by atoms with E-state index >= 15 is 0 Å². The molecular weight excluding hydrogens is 334 g/mol. The van der Waals surface area contributed by atoms with Crippen LogP contribution in [0.5, 0.6) is 5.75 Å². The monoisotopic (exact) mass is 361 g/mol. The molecule has 3 nitrogen and oxygen atoms in total. The smallest absolute Gasteiger partial charge is 0.343 e. The number of ether oxygens (including phenoxy) is 1. The molecular formula is C24H27NO2. The molecule has 140 valence electrons. The van der Waals surface area contributed by atoms with E-state index in [1.807, 2.05) is 36.4 Å². The van der Waals surface area contributed by atoms with Crippen LogP contribution in [0.25, 0.3) is 10.9 Å². The first-order valence-electron chi connectivity index (χ1n) is 9.28. The first-order chi connectivity index (χ1) is 12.6. The number of para-hydroxylation sites is 1. The van der Waals surface area contributed by atoms with Crippen LogP contribution in [0.15, 0.2) is 54.7 Å². The molecule has 0 aliphatic rings. The van der Waals surface area contributed by atoms with Crippen molar-refractivity contribution in [2.75, 3.05) is 0 Å². The Morgan fingerprint density at radius 2 is 1.44 bits per heavy atom. The molecule has 0 amide bonds. The van der Waals surface area contributed by atoms with E-state index in [0.29, 0.717) is 16.8 Å². The molecule has 2 aromatic carbocycles. The van der Waals surface area contributed by atoms with Gasteiger partial charge in [0.05, 0.1) is 5.56 Å². The molecule has 1 heterocycles. The highest BCUT2D eigenvalue weighted by Crippen LogP contribution is 2.31. The lowest BCUT2D eigenvalue weighted by Crippen LogP contribution is -2.19. The summed E-state index contributed by atoms with van der Waals surface area (Å²) < 4.78 is 5.75. The Labute approximate surface area is 161 Å². The molecule has 3 rings (SSSR count). The summed E-state index contributed by atoms with van der Waals surface area (Å²) in [6.45, 7) is 12.9. The molecule has 0 bridgehead atoms. The third kappa shape index (κ3) is 4.19. The number of esters is 1. The number of pyridine rings is 1. The summed E-state index contributed by atoms with van der Waals surface area (Å²) in [7, 11) is 0. The fraction of sp³-hybridized carbons (Fsp3) is 0.333. The maximum absolute atomic E-state index is 13.0. The van der Waals surface area contributed by atoms with Crippen molar-refractivity contribution in [3.8, 4) is 5.75 Å². The van der Waals surface area contributed by atoms with Crippen molar-refractivity contribution in [1.82, 2.24) is 4.98 Å². The van der Waals surface area contributed by atoms with Crippen LogP contribution in [0, 0.1) is 0 Å². The van der Waals surface area contributed by atoms with E-state index in [4.69, 9.17) is 4.74 Å². The van der Waals surface area contributed by atoms with Crippen LogP contribution in [-0.4, -0.2) is 11.0 Å². The minimum atomic E-state index is -0.357. The fourth-order valence-electron chi connectivity index (χ4n) is 2.93. The van der Waals surface area contributed by atoms with Gasteiger partial charge in [-0.05, 0) is 46.2 Å². The van der Waals surface area contributed by atoms with Crippen molar-refractivity contribution < 1.29 is 9.53 Å². The van der Waals surface area contributed by atoms with Crippen molar-refractivity contribution >= 4 is 16.9 Å². The Bertz CT molecular complexity index is 954. The number of carbonyl (C=O) groups excluding carboxylic acids is 1. The molecule has 0 fully saturated rings. The van der Waals surface area contributed by atoms with E-state index in [1.165, 1.54) is 0 Å². The molecule has 27 heavy (non-hydrogen) atoms. The summed E-state index contributed by atoms with van der Waals surface area (Å²) in [6, 6.07) is 15.5. The Morgan fingerprint density at radius 3 is 2.04 bits per heavy atom. The minimum Gasteiger partial charge on any atom is -0.421 e. The molecule has 0 spiro atoms. The van der Waals surface area contributed by atoms with Gasteiger partial charge in [0.25, 0.3) is 0 Å². The lowest BCUT2D eigenvalue weighted by Gasteiger charge is -2.25. The highest BCUT2D eigenvalue weighted by atomic mass is 16.5. The number of hydrogen-bond acceptors (Lipinski definition) is 3. The summed E-state index contributed by atoms with van der Waals surface area (Å²) in [5.74, 6) is 0.126. The Kier molecular flexibility index (Phi) is 4.81. The van der Waals surface area contributed by atoms with Crippen LogP contribution < -0.4 is 4.74 Å². The van der Waals surface area contributed by atoms with Crippen molar-refractivity contribution in [3.63, 3.8) is 0 Å². The predicted octanol–water partition coefficient (Wildman–Crippen LogP) is 6.05. The van der Waals surface area contributed by atoms with Gasteiger partial charge in [0.15, 0.2) is 5.75 Å². The first kappa shape index (κ1) is 19.1. The SMILES string of the molecule is CC(C)(C)c1cc(C(=O)Oc2cccc3cccnc23)cc(C(C)(C)C)c1. The number of hydrogen-bond donors (Lipinski definition) is 0. The average Bonchev–Trinajstić information content (AvgIpc) is 2.60. The molecule has 0 saturated heterocycles. The van der Waals surface area contributed by atoms with Crippen LogP contribution in [0.4, 0.5) is 0 Å². The van der Waals surface area contributed by atoms with Gasteiger partial charge in [-0.1, -0.05) is 65.8 Å². The van der Waals surface area contributed by atoms with E-state index in [2.05, 4.69) is 52.6 Å². The van der Waals surface area contributed by atoms with Gasteiger partial charge in [-0.2, -0.15) is 0 Å². The summed E-state index contributed by atoms with van der Waals surface area (Å²) in [5.41, 5.74) is 3.39. The minimum absolute atomic E-state index is 0.0582. The molecule has 0 N–H and O–H groups in total. The van der Waals surface area contributed by atoms with Crippen LogP contribution in [0.2, 0.25) is 0 Å². The number of carbonyl (C=O) groups is 1. The molecule has 0 radical (unpaired) electrons. The lowest BCUT2D eigenvalue weighted by atomic mass is 9.79.